The molecule has 2 rings (SSSR count). The van der Waals surface area contributed by atoms with E-state index in [0.29, 0.717) is 11.8 Å². The van der Waals surface area contributed by atoms with Crippen molar-refractivity contribution in [1.29, 1.82) is 0 Å². The molecule has 3 nitrogen and oxygen atoms in total. The Labute approximate surface area is 107 Å². The predicted octanol–water partition coefficient (Wildman–Crippen LogP) is 3.02. The van der Waals surface area contributed by atoms with Crippen LogP contribution in [0.4, 0.5) is 0 Å². The van der Waals surface area contributed by atoms with E-state index in [4.69, 9.17) is 25.8 Å². The number of hydrogen-bond donors (Lipinski definition) is 0. The molecule has 1 aromatic carbocycles. The van der Waals surface area contributed by atoms with Crippen LogP contribution in [0.25, 0.3) is 0 Å². The Morgan fingerprint density at radius 2 is 2.18 bits per heavy atom. The molecule has 1 fully saturated rings. The highest BCUT2D eigenvalue weighted by Crippen LogP contribution is 2.42. The Kier molecular flexibility index (Phi) is 4.13. The van der Waals surface area contributed by atoms with Crippen molar-refractivity contribution in [2.24, 2.45) is 5.92 Å². The number of rotatable bonds is 4. The van der Waals surface area contributed by atoms with Gasteiger partial charge in [-0.3, -0.25) is 0 Å². The first kappa shape index (κ1) is 12.5. The minimum Gasteiger partial charge on any atom is -0.493 e. The Morgan fingerprint density at radius 3 is 2.82 bits per heavy atom. The van der Waals surface area contributed by atoms with Crippen LogP contribution < -0.4 is 9.47 Å². The Bertz CT molecular complexity index is 381. The molecule has 2 atom stereocenters. The minimum absolute atomic E-state index is 0.0116. The first-order valence-electron chi connectivity index (χ1n) is 5.70. The van der Waals surface area contributed by atoms with Gasteiger partial charge in [0.15, 0.2) is 11.5 Å². The SMILES string of the molecule is COc1cccc(C2OCCC2CCl)c1OC. The van der Waals surface area contributed by atoms with Gasteiger partial charge in [0.2, 0.25) is 0 Å². The van der Waals surface area contributed by atoms with E-state index in [1.165, 1.54) is 0 Å². The van der Waals surface area contributed by atoms with Gasteiger partial charge in [-0.25, -0.2) is 0 Å². The first-order chi connectivity index (χ1) is 8.31. The summed E-state index contributed by atoms with van der Waals surface area (Å²) in [5.41, 5.74) is 1.02. The van der Waals surface area contributed by atoms with Gasteiger partial charge >= 0.3 is 0 Å². The molecular formula is C13H17ClO3. The van der Waals surface area contributed by atoms with E-state index in [1.807, 2.05) is 18.2 Å². The molecule has 0 spiro atoms. The van der Waals surface area contributed by atoms with Crippen molar-refractivity contribution in [3.05, 3.63) is 23.8 Å². The van der Waals surface area contributed by atoms with E-state index in [9.17, 15) is 0 Å². The molecule has 0 N–H and O–H groups in total. The van der Waals surface area contributed by atoms with Crippen LogP contribution in [-0.4, -0.2) is 26.7 Å². The summed E-state index contributed by atoms with van der Waals surface area (Å²) in [6, 6.07) is 5.84. The lowest BCUT2D eigenvalue weighted by Crippen LogP contribution is -2.10. The molecule has 0 saturated carbocycles. The van der Waals surface area contributed by atoms with Gasteiger partial charge in [-0.2, -0.15) is 0 Å². The summed E-state index contributed by atoms with van der Waals surface area (Å²) >= 11 is 5.97. The number of alkyl halides is 1. The van der Waals surface area contributed by atoms with Gasteiger partial charge in [0.25, 0.3) is 0 Å². The van der Waals surface area contributed by atoms with Crippen LogP contribution in [0.2, 0.25) is 0 Å². The molecule has 1 saturated heterocycles. The number of ether oxygens (including phenoxy) is 3. The number of para-hydroxylation sites is 1. The van der Waals surface area contributed by atoms with Gasteiger partial charge in [-0.05, 0) is 12.5 Å². The molecule has 4 heteroatoms. The van der Waals surface area contributed by atoms with E-state index < -0.39 is 0 Å². The monoisotopic (exact) mass is 256 g/mol. The lowest BCUT2D eigenvalue weighted by molar-refractivity contribution is 0.0924. The van der Waals surface area contributed by atoms with Crippen molar-refractivity contribution in [3.63, 3.8) is 0 Å². The van der Waals surface area contributed by atoms with Crippen molar-refractivity contribution < 1.29 is 14.2 Å². The lowest BCUT2D eigenvalue weighted by atomic mass is 9.96. The second-order valence-corrected chi connectivity index (χ2v) is 4.39. The zero-order chi connectivity index (χ0) is 12.3. The van der Waals surface area contributed by atoms with Gasteiger partial charge in [-0.1, -0.05) is 12.1 Å². The fourth-order valence-electron chi connectivity index (χ4n) is 2.27. The smallest absolute Gasteiger partial charge is 0.166 e. The number of halogens is 1. The van der Waals surface area contributed by atoms with Crippen molar-refractivity contribution in [3.8, 4) is 11.5 Å². The second-order valence-electron chi connectivity index (χ2n) is 4.08. The average molecular weight is 257 g/mol. The third-order valence-corrected chi connectivity index (χ3v) is 3.55. The van der Waals surface area contributed by atoms with Gasteiger partial charge in [-0.15, -0.1) is 11.6 Å². The number of benzene rings is 1. The summed E-state index contributed by atoms with van der Waals surface area (Å²) in [6.07, 6.45) is 1.01. The summed E-state index contributed by atoms with van der Waals surface area (Å²) in [5, 5.41) is 0. The normalized spacial score (nSPS) is 23.7. The maximum absolute atomic E-state index is 5.97. The number of hydrogen-bond acceptors (Lipinski definition) is 3. The van der Waals surface area contributed by atoms with Crippen LogP contribution in [0.1, 0.15) is 18.1 Å². The van der Waals surface area contributed by atoms with Gasteiger partial charge in [0, 0.05) is 24.0 Å². The molecule has 1 aromatic rings. The fourth-order valence-corrected chi connectivity index (χ4v) is 2.59. The predicted molar refractivity (Wildman–Crippen MR) is 67.1 cm³/mol. The fraction of sp³-hybridized carbons (Fsp3) is 0.538. The summed E-state index contributed by atoms with van der Waals surface area (Å²) in [7, 11) is 3.28. The highest BCUT2D eigenvalue weighted by Gasteiger charge is 2.31. The molecule has 1 aliphatic heterocycles. The van der Waals surface area contributed by atoms with Crippen molar-refractivity contribution in [2.75, 3.05) is 26.7 Å². The van der Waals surface area contributed by atoms with Crippen LogP contribution in [0, 0.1) is 5.92 Å². The van der Waals surface area contributed by atoms with E-state index >= 15 is 0 Å². The van der Waals surface area contributed by atoms with Crippen LogP contribution in [-0.2, 0) is 4.74 Å². The summed E-state index contributed by atoms with van der Waals surface area (Å²) in [5.74, 6) is 2.42. The van der Waals surface area contributed by atoms with Crippen LogP contribution in [0.15, 0.2) is 18.2 Å². The molecule has 0 aliphatic carbocycles. The average Bonchev–Trinajstić information content (AvgIpc) is 2.85. The molecular weight excluding hydrogens is 240 g/mol. The summed E-state index contributed by atoms with van der Waals surface area (Å²) < 4.78 is 16.5. The van der Waals surface area contributed by atoms with Crippen molar-refractivity contribution in [1.82, 2.24) is 0 Å². The standard InChI is InChI=1S/C13H17ClO3/c1-15-11-5-3-4-10(13(11)16-2)12-9(8-14)6-7-17-12/h3-5,9,12H,6-8H2,1-2H3. The molecule has 94 valence electrons. The van der Waals surface area contributed by atoms with Crippen molar-refractivity contribution >= 4 is 11.6 Å². The van der Waals surface area contributed by atoms with E-state index in [2.05, 4.69) is 0 Å². The molecule has 1 aliphatic rings. The van der Waals surface area contributed by atoms with Crippen LogP contribution >= 0.6 is 11.6 Å². The molecule has 1 heterocycles. The molecule has 2 unspecified atom stereocenters. The summed E-state index contributed by atoms with van der Waals surface area (Å²) in [4.78, 5) is 0. The molecule has 0 radical (unpaired) electrons. The second kappa shape index (κ2) is 5.61. The molecule has 0 bridgehead atoms. The molecule has 0 amide bonds. The van der Waals surface area contributed by atoms with Gasteiger partial charge in [0.1, 0.15) is 0 Å². The third kappa shape index (κ3) is 2.35. The third-order valence-electron chi connectivity index (χ3n) is 3.15. The maximum Gasteiger partial charge on any atom is 0.166 e. The van der Waals surface area contributed by atoms with Crippen LogP contribution in [0.5, 0.6) is 11.5 Å². The zero-order valence-corrected chi connectivity index (χ0v) is 10.9. The Hall–Kier alpha value is -0.930. The van der Waals surface area contributed by atoms with Crippen LogP contribution in [0.3, 0.4) is 0 Å². The minimum atomic E-state index is 0.0116. The molecule has 0 aromatic heterocycles. The highest BCUT2D eigenvalue weighted by atomic mass is 35.5. The molecule has 17 heavy (non-hydrogen) atoms. The van der Waals surface area contributed by atoms with Gasteiger partial charge < -0.3 is 14.2 Å². The maximum atomic E-state index is 5.97. The van der Waals surface area contributed by atoms with Gasteiger partial charge in [0.05, 0.1) is 20.3 Å². The lowest BCUT2D eigenvalue weighted by Gasteiger charge is -2.20. The number of methoxy groups -OCH3 is 2. The Balaban J connectivity index is 2.37. The summed E-state index contributed by atoms with van der Waals surface area (Å²) in [6.45, 7) is 0.752. The first-order valence-corrected chi connectivity index (χ1v) is 6.23. The zero-order valence-electron chi connectivity index (χ0n) is 10.1. The topological polar surface area (TPSA) is 27.7 Å². The van der Waals surface area contributed by atoms with E-state index in [0.717, 1.165) is 30.1 Å². The van der Waals surface area contributed by atoms with E-state index in [-0.39, 0.29) is 6.10 Å². The quantitative estimate of drug-likeness (QED) is 0.775. The highest BCUT2D eigenvalue weighted by molar-refractivity contribution is 6.18. The van der Waals surface area contributed by atoms with Crippen molar-refractivity contribution in [2.45, 2.75) is 12.5 Å². The Morgan fingerprint density at radius 1 is 1.35 bits per heavy atom. The van der Waals surface area contributed by atoms with E-state index in [1.54, 1.807) is 14.2 Å². The largest absolute Gasteiger partial charge is 0.493 e.